The molecule has 0 aliphatic carbocycles. The van der Waals surface area contributed by atoms with E-state index in [1.807, 2.05) is 31.2 Å². The standard InChI is InChI=1S/C22H28N4O3/c1-4-17-6-8-19(9-7-17)24-21(28)14-26(5-2)15-22(29)25-20-12-10-18(11-13-20)23-16(3)27/h6-13H,4-5,14-15H2,1-3H3,(H,23,27)(H,24,28)(H,25,29). The summed E-state index contributed by atoms with van der Waals surface area (Å²) in [6.45, 7) is 6.21. The smallest absolute Gasteiger partial charge is 0.238 e. The van der Waals surface area contributed by atoms with Gasteiger partial charge in [0.1, 0.15) is 0 Å². The maximum atomic E-state index is 12.3. The first-order valence-corrected chi connectivity index (χ1v) is 9.68. The topological polar surface area (TPSA) is 90.5 Å². The minimum atomic E-state index is -0.209. The molecule has 3 amide bonds. The number of benzene rings is 2. The number of likely N-dealkylation sites (N-methyl/N-ethyl adjacent to an activating group) is 1. The lowest BCUT2D eigenvalue weighted by atomic mass is 10.1. The van der Waals surface area contributed by atoms with Gasteiger partial charge in [-0.1, -0.05) is 26.0 Å². The van der Waals surface area contributed by atoms with Crippen LogP contribution in [0.15, 0.2) is 48.5 Å². The third-order valence-corrected chi connectivity index (χ3v) is 4.32. The molecule has 2 rings (SSSR count). The predicted molar refractivity (Wildman–Crippen MR) is 116 cm³/mol. The van der Waals surface area contributed by atoms with Crippen molar-refractivity contribution in [3.05, 3.63) is 54.1 Å². The maximum Gasteiger partial charge on any atom is 0.238 e. The van der Waals surface area contributed by atoms with Crippen LogP contribution >= 0.6 is 0 Å². The second-order valence-electron chi connectivity index (χ2n) is 6.71. The van der Waals surface area contributed by atoms with Gasteiger partial charge in [0.25, 0.3) is 0 Å². The van der Waals surface area contributed by atoms with Crippen LogP contribution in [0.4, 0.5) is 17.1 Å². The second-order valence-corrected chi connectivity index (χ2v) is 6.71. The molecule has 0 atom stereocenters. The number of hydrogen-bond donors (Lipinski definition) is 3. The third-order valence-electron chi connectivity index (χ3n) is 4.32. The van der Waals surface area contributed by atoms with Crippen molar-refractivity contribution in [1.29, 1.82) is 0 Å². The van der Waals surface area contributed by atoms with Gasteiger partial charge in [0.15, 0.2) is 0 Å². The molecule has 0 heterocycles. The molecule has 0 spiro atoms. The van der Waals surface area contributed by atoms with Crippen molar-refractivity contribution in [3.63, 3.8) is 0 Å². The first-order chi connectivity index (χ1) is 13.9. The molecule has 29 heavy (non-hydrogen) atoms. The molecule has 0 unspecified atom stereocenters. The Hall–Kier alpha value is -3.19. The lowest BCUT2D eigenvalue weighted by Crippen LogP contribution is -2.38. The van der Waals surface area contributed by atoms with Crippen molar-refractivity contribution >= 4 is 34.8 Å². The fourth-order valence-corrected chi connectivity index (χ4v) is 2.75. The molecular weight excluding hydrogens is 368 g/mol. The average Bonchev–Trinajstić information content (AvgIpc) is 2.69. The Morgan fingerprint density at radius 2 is 1.14 bits per heavy atom. The molecular formula is C22H28N4O3. The van der Waals surface area contributed by atoms with Gasteiger partial charge in [-0.15, -0.1) is 0 Å². The molecule has 0 saturated heterocycles. The summed E-state index contributed by atoms with van der Waals surface area (Å²) in [4.78, 5) is 37.4. The van der Waals surface area contributed by atoms with Crippen molar-refractivity contribution in [3.8, 4) is 0 Å². The van der Waals surface area contributed by atoms with Gasteiger partial charge in [-0.25, -0.2) is 0 Å². The molecule has 0 bridgehead atoms. The predicted octanol–water partition coefficient (Wildman–Crippen LogP) is 3.11. The van der Waals surface area contributed by atoms with Crippen LogP contribution in [0.2, 0.25) is 0 Å². The lowest BCUT2D eigenvalue weighted by molar-refractivity contribution is -0.120. The molecule has 0 saturated carbocycles. The number of carbonyl (C=O) groups excluding carboxylic acids is 3. The van der Waals surface area contributed by atoms with Crippen molar-refractivity contribution in [1.82, 2.24) is 4.90 Å². The number of nitrogens with one attached hydrogen (secondary N) is 3. The second kappa shape index (κ2) is 11.0. The number of amides is 3. The SMILES string of the molecule is CCc1ccc(NC(=O)CN(CC)CC(=O)Nc2ccc(NC(C)=O)cc2)cc1. The minimum Gasteiger partial charge on any atom is -0.326 e. The summed E-state index contributed by atoms with van der Waals surface area (Å²) >= 11 is 0. The lowest BCUT2D eigenvalue weighted by Gasteiger charge is -2.19. The van der Waals surface area contributed by atoms with E-state index in [1.54, 1.807) is 29.2 Å². The summed E-state index contributed by atoms with van der Waals surface area (Å²) in [6.07, 6.45) is 0.947. The molecule has 0 fully saturated rings. The van der Waals surface area contributed by atoms with Gasteiger partial charge in [-0.2, -0.15) is 0 Å². The van der Waals surface area contributed by atoms with Crippen molar-refractivity contribution in [2.75, 3.05) is 35.6 Å². The van der Waals surface area contributed by atoms with Gasteiger partial charge in [0, 0.05) is 24.0 Å². The maximum absolute atomic E-state index is 12.3. The monoisotopic (exact) mass is 396 g/mol. The van der Waals surface area contributed by atoms with E-state index in [4.69, 9.17) is 0 Å². The van der Waals surface area contributed by atoms with Gasteiger partial charge in [0.2, 0.25) is 17.7 Å². The zero-order valence-electron chi connectivity index (χ0n) is 17.1. The van der Waals surface area contributed by atoms with Gasteiger partial charge < -0.3 is 16.0 Å². The van der Waals surface area contributed by atoms with Crippen LogP contribution < -0.4 is 16.0 Å². The Kier molecular flexibility index (Phi) is 8.36. The number of rotatable bonds is 9. The van der Waals surface area contributed by atoms with Crippen molar-refractivity contribution < 1.29 is 14.4 Å². The molecule has 7 nitrogen and oxygen atoms in total. The first kappa shape index (κ1) is 22.1. The van der Waals surface area contributed by atoms with E-state index in [0.717, 1.165) is 12.1 Å². The molecule has 0 aromatic heterocycles. The average molecular weight is 396 g/mol. The highest BCUT2D eigenvalue weighted by Crippen LogP contribution is 2.14. The minimum absolute atomic E-state index is 0.103. The van der Waals surface area contributed by atoms with Crippen molar-refractivity contribution in [2.24, 2.45) is 0 Å². The molecule has 0 aliphatic heterocycles. The van der Waals surface area contributed by atoms with E-state index in [-0.39, 0.29) is 30.8 Å². The third kappa shape index (κ3) is 7.75. The molecule has 2 aromatic carbocycles. The Morgan fingerprint density at radius 1 is 0.724 bits per heavy atom. The van der Waals surface area contributed by atoms with E-state index in [1.165, 1.54) is 12.5 Å². The molecule has 7 heteroatoms. The fourth-order valence-electron chi connectivity index (χ4n) is 2.75. The highest BCUT2D eigenvalue weighted by molar-refractivity contribution is 5.95. The first-order valence-electron chi connectivity index (χ1n) is 9.68. The summed E-state index contributed by atoms with van der Waals surface area (Å²) in [5.41, 5.74) is 3.24. The summed E-state index contributed by atoms with van der Waals surface area (Å²) in [7, 11) is 0. The highest BCUT2D eigenvalue weighted by Gasteiger charge is 2.13. The fraction of sp³-hybridized carbons (Fsp3) is 0.318. The number of hydrogen-bond acceptors (Lipinski definition) is 4. The normalized spacial score (nSPS) is 10.5. The van der Waals surface area contributed by atoms with Crippen LogP contribution in [0.5, 0.6) is 0 Å². The van der Waals surface area contributed by atoms with E-state index in [9.17, 15) is 14.4 Å². The van der Waals surface area contributed by atoms with Crippen molar-refractivity contribution in [2.45, 2.75) is 27.2 Å². The van der Waals surface area contributed by atoms with Gasteiger partial charge in [0.05, 0.1) is 13.1 Å². The number of aryl methyl sites for hydroxylation is 1. The Labute approximate surface area is 171 Å². The van der Waals surface area contributed by atoms with E-state index >= 15 is 0 Å². The summed E-state index contributed by atoms with van der Waals surface area (Å²) in [6, 6.07) is 14.6. The zero-order valence-corrected chi connectivity index (χ0v) is 17.1. The molecule has 3 N–H and O–H groups in total. The van der Waals surface area contributed by atoms with E-state index < -0.39 is 0 Å². The summed E-state index contributed by atoms with van der Waals surface area (Å²) < 4.78 is 0. The Balaban J connectivity index is 1.83. The molecule has 0 aliphatic rings. The molecule has 2 aromatic rings. The summed E-state index contributed by atoms with van der Waals surface area (Å²) in [5.74, 6) is -0.525. The zero-order chi connectivity index (χ0) is 21.2. The van der Waals surface area contributed by atoms with Crippen LogP contribution in [0.1, 0.15) is 26.3 Å². The van der Waals surface area contributed by atoms with Crippen LogP contribution in [0.3, 0.4) is 0 Å². The largest absolute Gasteiger partial charge is 0.326 e. The van der Waals surface area contributed by atoms with Gasteiger partial charge in [-0.3, -0.25) is 19.3 Å². The molecule has 0 radical (unpaired) electrons. The van der Waals surface area contributed by atoms with Crippen LogP contribution in [0.25, 0.3) is 0 Å². The van der Waals surface area contributed by atoms with E-state index in [2.05, 4.69) is 22.9 Å². The highest BCUT2D eigenvalue weighted by atomic mass is 16.2. The van der Waals surface area contributed by atoms with Crippen LogP contribution in [0, 0.1) is 0 Å². The number of anilines is 3. The molecule has 154 valence electrons. The van der Waals surface area contributed by atoms with Crippen LogP contribution in [-0.4, -0.2) is 42.3 Å². The van der Waals surface area contributed by atoms with E-state index in [0.29, 0.717) is 17.9 Å². The Morgan fingerprint density at radius 3 is 1.52 bits per heavy atom. The summed E-state index contributed by atoms with van der Waals surface area (Å²) in [5, 5.41) is 8.32. The number of nitrogens with zero attached hydrogens (tertiary/aromatic N) is 1. The van der Waals surface area contributed by atoms with Gasteiger partial charge >= 0.3 is 0 Å². The van der Waals surface area contributed by atoms with Crippen LogP contribution in [-0.2, 0) is 20.8 Å². The Bertz CT molecular complexity index is 832. The number of carbonyl (C=O) groups is 3. The van der Waals surface area contributed by atoms with Gasteiger partial charge in [-0.05, 0) is 54.9 Å². The quantitative estimate of drug-likeness (QED) is 0.607.